The van der Waals surface area contributed by atoms with Crippen LogP contribution in [0.1, 0.15) is 33.6 Å². The lowest BCUT2D eigenvalue weighted by Gasteiger charge is -2.17. The highest BCUT2D eigenvalue weighted by atomic mass is 16.5. The predicted molar refractivity (Wildman–Crippen MR) is 55.7 cm³/mol. The largest absolute Gasteiger partial charge is 0.469 e. The lowest BCUT2D eigenvalue weighted by atomic mass is 10.2. The van der Waals surface area contributed by atoms with E-state index in [0.717, 1.165) is 0 Å². The zero-order valence-corrected chi connectivity index (χ0v) is 9.76. The van der Waals surface area contributed by atoms with Gasteiger partial charge in [-0.25, -0.2) is 0 Å². The SMILES string of the molecule is CCC.COC(=O)CC(C)N(C)C. The van der Waals surface area contributed by atoms with Gasteiger partial charge in [-0.2, -0.15) is 0 Å². The summed E-state index contributed by atoms with van der Waals surface area (Å²) in [7, 11) is 5.28. The smallest absolute Gasteiger partial charge is 0.307 e. The second-order valence-corrected chi connectivity index (χ2v) is 3.30. The van der Waals surface area contributed by atoms with Crippen molar-refractivity contribution >= 4 is 5.97 Å². The lowest BCUT2D eigenvalue weighted by Crippen LogP contribution is -2.27. The molecule has 3 nitrogen and oxygen atoms in total. The highest BCUT2D eigenvalue weighted by Gasteiger charge is 2.09. The van der Waals surface area contributed by atoms with Gasteiger partial charge in [-0.1, -0.05) is 20.3 Å². The van der Waals surface area contributed by atoms with Gasteiger partial charge in [0.15, 0.2) is 0 Å². The number of ether oxygens (including phenoxy) is 1. The number of carbonyl (C=O) groups excluding carboxylic acids is 1. The van der Waals surface area contributed by atoms with E-state index in [0.29, 0.717) is 6.42 Å². The minimum atomic E-state index is -0.152. The van der Waals surface area contributed by atoms with Crippen molar-refractivity contribution in [1.29, 1.82) is 0 Å². The number of methoxy groups -OCH3 is 1. The molecule has 0 spiro atoms. The molecule has 0 amide bonds. The lowest BCUT2D eigenvalue weighted by molar-refractivity contribution is -0.141. The van der Waals surface area contributed by atoms with Gasteiger partial charge in [0.05, 0.1) is 13.5 Å². The molecule has 1 unspecified atom stereocenters. The van der Waals surface area contributed by atoms with Gasteiger partial charge in [0.2, 0.25) is 0 Å². The molecule has 80 valence electrons. The summed E-state index contributed by atoms with van der Waals surface area (Å²) in [5.41, 5.74) is 0. The summed E-state index contributed by atoms with van der Waals surface area (Å²) in [6.07, 6.45) is 1.71. The Balaban J connectivity index is 0. The van der Waals surface area contributed by atoms with Gasteiger partial charge in [-0.05, 0) is 21.0 Å². The van der Waals surface area contributed by atoms with Gasteiger partial charge in [-0.15, -0.1) is 0 Å². The molecule has 0 bridgehead atoms. The first kappa shape index (κ1) is 14.9. The molecular formula is C10H23NO2. The van der Waals surface area contributed by atoms with E-state index < -0.39 is 0 Å². The van der Waals surface area contributed by atoms with Gasteiger partial charge in [-0.3, -0.25) is 4.79 Å². The van der Waals surface area contributed by atoms with Crippen molar-refractivity contribution in [2.45, 2.75) is 39.7 Å². The summed E-state index contributed by atoms with van der Waals surface area (Å²) in [5, 5.41) is 0. The van der Waals surface area contributed by atoms with Crippen LogP contribution in [0.3, 0.4) is 0 Å². The van der Waals surface area contributed by atoms with Crippen LogP contribution in [-0.2, 0) is 9.53 Å². The van der Waals surface area contributed by atoms with Gasteiger partial charge in [0.25, 0.3) is 0 Å². The van der Waals surface area contributed by atoms with Crippen LogP contribution < -0.4 is 0 Å². The Morgan fingerprint density at radius 3 is 2.00 bits per heavy atom. The number of rotatable bonds is 3. The zero-order valence-electron chi connectivity index (χ0n) is 9.76. The fourth-order valence-corrected chi connectivity index (χ4v) is 0.507. The Labute approximate surface area is 82.1 Å². The number of nitrogens with zero attached hydrogens (tertiary/aromatic N) is 1. The molecule has 0 saturated heterocycles. The normalized spacial score (nSPS) is 11.6. The predicted octanol–water partition coefficient (Wildman–Crippen LogP) is 1.92. The van der Waals surface area contributed by atoms with Crippen molar-refractivity contribution < 1.29 is 9.53 Å². The molecule has 0 aromatic rings. The maximum Gasteiger partial charge on any atom is 0.307 e. The van der Waals surface area contributed by atoms with Crippen LogP contribution in [0.4, 0.5) is 0 Å². The van der Waals surface area contributed by atoms with Crippen molar-refractivity contribution in [2.75, 3.05) is 21.2 Å². The molecule has 0 aromatic heterocycles. The van der Waals surface area contributed by atoms with Crippen LogP contribution >= 0.6 is 0 Å². The average molecular weight is 189 g/mol. The molecule has 3 heteroatoms. The molecule has 0 aliphatic heterocycles. The maximum absolute atomic E-state index is 10.7. The molecule has 0 aliphatic rings. The first-order valence-corrected chi connectivity index (χ1v) is 4.72. The second-order valence-electron chi connectivity index (χ2n) is 3.30. The molecule has 0 fully saturated rings. The summed E-state index contributed by atoms with van der Waals surface area (Å²) in [6, 6.07) is 0.257. The Bertz CT molecular complexity index is 124. The fraction of sp³-hybridized carbons (Fsp3) is 0.900. The fourth-order valence-electron chi connectivity index (χ4n) is 0.507. The summed E-state index contributed by atoms with van der Waals surface area (Å²) >= 11 is 0. The third-order valence-corrected chi connectivity index (χ3v) is 1.57. The van der Waals surface area contributed by atoms with E-state index in [-0.39, 0.29) is 12.0 Å². The molecule has 0 aliphatic carbocycles. The minimum absolute atomic E-state index is 0.152. The highest BCUT2D eigenvalue weighted by Crippen LogP contribution is 1.98. The topological polar surface area (TPSA) is 29.5 Å². The van der Waals surface area contributed by atoms with Crippen molar-refractivity contribution in [3.8, 4) is 0 Å². The first-order chi connectivity index (χ1) is 5.99. The van der Waals surface area contributed by atoms with Crippen LogP contribution in [0.15, 0.2) is 0 Å². The third-order valence-electron chi connectivity index (χ3n) is 1.57. The number of carbonyl (C=O) groups is 1. The molecule has 0 heterocycles. The molecule has 1 atom stereocenters. The molecule has 0 radical (unpaired) electrons. The van der Waals surface area contributed by atoms with Gasteiger partial charge in [0.1, 0.15) is 0 Å². The molecule has 0 aromatic carbocycles. The summed E-state index contributed by atoms with van der Waals surface area (Å²) in [6.45, 7) is 6.23. The standard InChI is InChI=1S/C7H15NO2.C3H8/c1-6(8(2)3)5-7(9)10-4;1-3-2/h6H,5H2,1-4H3;3H2,1-2H3. The Morgan fingerprint density at radius 1 is 1.38 bits per heavy atom. The quantitative estimate of drug-likeness (QED) is 0.635. The number of hydrogen-bond donors (Lipinski definition) is 0. The summed E-state index contributed by atoms with van der Waals surface area (Å²) < 4.78 is 4.51. The number of hydrogen-bond acceptors (Lipinski definition) is 3. The molecule has 0 N–H and O–H groups in total. The Hall–Kier alpha value is -0.570. The van der Waals surface area contributed by atoms with E-state index >= 15 is 0 Å². The van der Waals surface area contributed by atoms with Gasteiger partial charge >= 0.3 is 5.97 Å². The Morgan fingerprint density at radius 2 is 1.77 bits per heavy atom. The van der Waals surface area contributed by atoms with Crippen LogP contribution in [0.2, 0.25) is 0 Å². The number of esters is 1. The Kier molecular flexibility index (Phi) is 10.9. The van der Waals surface area contributed by atoms with Crippen molar-refractivity contribution in [3.05, 3.63) is 0 Å². The minimum Gasteiger partial charge on any atom is -0.469 e. The van der Waals surface area contributed by atoms with E-state index in [2.05, 4.69) is 18.6 Å². The van der Waals surface area contributed by atoms with Gasteiger partial charge in [0, 0.05) is 6.04 Å². The molecule has 13 heavy (non-hydrogen) atoms. The highest BCUT2D eigenvalue weighted by molar-refractivity contribution is 5.69. The third kappa shape index (κ3) is 11.4. The maximum atomic E-state index is 10.7. The zero-order chi connectivity index (χ0) is 10.9. The van der Waals surface area contributed by atoms with Crippen LogP contribution in [0.5, 0.6) is 0 Å². The summed E-state index contributed by atoms with van der Waals surface area (Å²) in [5.74, 6) is -0.152. The van der Waals surface area contributed by atoms with E-state index in [1.165, 1.54) is 13.5 Å². The molecule has 0 rings (SSSR count). The van der Waals surface area contributed by atoms with Crippen LogP contribution in [-0.4, -0.2) is 38.1 Å². The van der Waals surface area contributed by atoms with E-state index in [9.17, 15) is 4.79 Å². The second kappa shape index (κ2) is 9.52. The van der Waals surface area contributed by atoms with Crippen molar-refractivity contribution in [2.24, 2.45) is 0 Å². The molecular weight excluding hydrogens is 166 g/mol. The van der Waals surface area contributed by atoms with E-state index in [4.69, 9.17) is 0 Å². The van der Waals surface area contributed by atoms with E-state index in [1.807, 2.05) is 25.9 Å². The monoisotopic (exact) mass is 189 g/mol. The summed E-state index contributed by atoms with van der Waals surface area (Å²) in [4.78, 5) is 12.7. The van der Waals surface area contributed by atoms with Gasteiger partial charge < -0.3 is 9.64 Å². The van der Waals surface area contributed by atoms with Crippen molar-refractivity contribution in [3.63, 3.8) is 0 Å². The average Bonchev–Trinajstić information content (AvgIpc) is 2.05. The first-order valence-electron chi connectivity index (χ1n) is 4.72. The van der Waals surface area contributed by atoms with E-state index in [1.54, 1.807) is 0 Å². The van der Waals surface area contributed by atoms with Crippen molar-refractivity contribution in [1.82, 2.24) is 4.90 Å². The van der Waals surface area contributed by atoms with Crippen LogP contribution in [0, 0.1) is 0 Å². The van der Waals surface area contributed by atoms with Crippen LogP contribution in [0.25, 0.3) is 0 Å². The molecule has 0 saturated carbocycles.